The highest BCUT2D eigenvalue weighted by atomic mass is 16.5. The molecule has 1 saturated heterocycles. The van der Waals surface area contributed by atoms with Crippen LogP contribution < -0.4 is 0 Å². The van der Waals surface area contributed by atoms with Gasteiger partial charge in [-0.05, 0) is 12.5 Å². The Morgan fingerprint density at radius 3 is 2.82 bits per heavy atom. The number of benzene rings is 1. The highest BCUT2D eigenvalue weighted by Gasteiger charge is 2.39. The van der Waals surface area contributed by atoms with E-state index in [0.29, 0.717) is 6.54 Å². The van der Waals surface area contributed by atoms with Gasteiger partial charge in [0, 0.05) is 6.54 Å². The third-order valence-corrected chi connectivity index (χ3v) is 2.93. The molecule has 1 heterocycles. The molecule has 17 heavy (non-hydrogen) atoms. The lowest BCUT2D eigenvalue weighted by molar-refractivity contribution is -0.153. The molecule has 0 aliphatic carbocycles. The summed E-state index contributed by atoms with van der Waals surface area (Å²) in [5, 5.41) is 9.19. The number of rotatable bonds is 2. The largest absolute Gasteiger partial charge is 0.368 e. The standard InChI is InChI=1S/C13H14N2O2/c1-13(9-14)10-17-8-12(16)15(13)7-11-5-3-2-4-6-11/h2-6H,7-8,10H2,1H3. The fraction of sp³-hybridized carbons (Fsp3) is 0.385. The van der Waals surface area contributed by atoms with E-state index in [9.17, 15) is 10.1 Å². The Balaban J connectivity index is 2.22. The van der Waals surface area contributed by atoms with Gasteiger partial charge in [-0.1, -0.05) is 30.3 Å². The maximum Gasteiger partial charge on any atom is 0.250 e. The molecular formula is C13H14N2O2. The summed E-state index contributed by atoms with van der Waals surface area (Å²) < 4.78 is 5.14. The molecule has 0 bridgehead atoms. The van der Waals surface area contributed by atoms with Gasteiger partial charge in [0.05, 0.1) is 12.7 Å². The number of nitriles is 1. The van der Waals surface area contributed by atoms with Crippen molar-refractivity contribution < 1.29 is 9.53 Å². The van der Waals surface area contributed by atoms with E-state index >= 15 is 0 Å². The van der Waals surface area contributed by atoms with Crippen LogP contribution >= 0.6 is 0 Å². The average Bonchev–Trinajstić information content (AvgIpc) is 2.35. The minimum atomic E-state index is -0.870. The zero-order valence-electron chi connectivity index (χ0n) is 9.72. The minimum absolute atomic E-state index is 0.0596. The van der Waals surface area contributed by atoms with Crippen LogP contribution in [0.5, 0.6) is 0 Å². The first-order valence-corrected chi connectivity index (χ1v) is 5.49. The first kappa shape index (κ1) is 11.6. The number of hydrogen-bond donors (Lipinski definition) is 0. The molecule has 1 atom stereocenters. The molecule has 0 N–H and O–H groups in total. The molecule has 1 aliphatic rings. The molecular weight excluding hydrogens is 216 g/mol. The molecule has 2 rings (SSSR count). The second-order valence-corrected chi connectivity index (χ2v) is 4.34. The van der Waals surface area contributed by atoms with Crippen LogP contribution in [0.2, 0.25) is 0 Å². The number of amides is 1. The first-order chi connectivity index (χ1) is 8.15. The van der Waals surface area contributed by atoms with E-state index < -0.39 is 5.54 Å². The highest BCUT2D eigenvalue weighted by molar-refractivity contribution is 5.79. The van der Waals surface area contributed by atoms with Gasteiger partial charge in [-0.2, -0.15) is 5.26 Å². The van der Waals surface area contributed by atoms with E-state index in [1.807, 2.05) is 30.3 Å². The quantitative estimate of drug-likeness (QED) is 0.770. The Morgan fingerprint density at radius 1 is 1.47 bits per heavy atom. The normalized spacial score (nSPS) is 24.5. The van der Waals surface area contributed by atoms with Crippen molar-refractivity contribution in [1.82, 2.24) is 4.90 Å². The number of nitrogens with zero attached hydrogens (tertiary/aromatic N) is 2. The topological polar surface area (TPSA) is 53.3 Å². The van der Waals surface area contributed by atoms with Crippen molar-refractivity contribution in [2.45, 2.75) is 19.0 Å². The molecule has 1 fully saturated rings. The monoisotopic (exact) mass is 230 g/mol. The van der Waals surface area contributed by atoms with Gasteiger partial charge in [0.15, 0.2) is 5.54 Å². The van der Waals surface area contributed by atoms with Gasteiger partial charge in [-0.25, -0.2) is 0 Å². The molecule has 1 aromatic carbocycles. The maximum atomic E-state index is 11.8. The zero-order chi connectivity index (χ0) is 12.3. The smallest absolute Gasteiger partial charge is 0.250 e. The van der Waals surface area contributed by atoms with Crippen molar-refractivity contribution >= 4 is 5.91 Å². The lowest BCUT2D eigenvalue weighted by Gasteiger charge is -2.39. The van der Waals surface area contributed by atoms with Crippen LogP contribution in [0.15, 0.2) is 30.3 Å². The van der Waals surface area contributed by atoms with Crippen LogP contribution in [-0.4, -0.2) is 29.6 Å². The molecule has 0 saturated carbocycles. The molecule has 0 spiro atoms. The van der Waals surface area contributed by atoms with Crippen molar-refractivity contribution in [3.8, 4) is 6.07 Å². The van der Waals surface area contributed by atoms with Crippen molar-refractivity contribution in [2.24, 2.45) is 0 Å². The summed E-state index contributed by atoms with van der Waals surface area (Å²) in [6.45, 7) is 2.51. The van der Waals surface area contributed by atoms with Crippen LogP contribution in [0.4, 0.5) is 0 Å². The fourth-order valence-corrected chi connectivity index (χ4v) is 1.89. The van der Waals surface area contributed by atoms with Crippen molar-refractivity contribution in [1.29, 1.82) is 5.26 Å². The van der Waals surface area contributed by atoms with Gasteiger partial charge in [-0.15, -0.1) is 0 Å². The van der Waals surface area contributed by atoms with E-state index in [2.05, 4.69) is 6.07 Å². The van der Waals surface area contributed by atoms with E-state index in [-0.39, 0.29) is 19.1 Å². The summed E-state index contributed by atoms with van der Waals surface area (Å²) in [6.07, 6.45) is 0. The number of morpholine rings is 1. The Labute approximate surface area is 100 Å². The molecule has 88 valence electrons. The molecule has 4 heteroatoms. The Hall–Kier alpha value is -1.86. The van der Waals surface area contributed by atoms with E-state index in [1.165, 1.54) is 0 Å². The van der Waals surface area contributed by atoms with E-state index in [4.69, 9.17) is 4.74 Å². The molecule has 0 aromatic heterocycles. The van der Waals surface area contributed by atoms with Crippen LogP contribution in [0.25, 0.3) is 0 Å². The molecule has 1 unspecified atom stereocenters. The summed E-state index contributed by atoms with van der Waals surface area (Å²) in [5.74, 6) is -0.135. The number of carbonyl (C=O) groups excluding carboxylic acids is 1. The third-order valence-electron chi connectivity index (χ3n) is 2.93. The van der Waals surface area contributed by atoms with E-state index in [1.54, 1.807) is 11.8 Å². The molecule has 1 aromatic rings. The SMILES string of the molecule is CC1(C#N)COCC(=O)N1Cc1ccccc1. The first-order valence-electron chi connectivity index (χ1n) is 5.49. The van der Waals surface area contributed by atoms with Crippen LogP contribution in [0.1, 0.15) is 12.5 Å². The van der Waals surface area contributed by atoms with Gasteiger partial charge >= 0.3 is 0 Å². The average molecular weight is 230 g/mol. The van der Waals surface area contributed by atoms with Gasteiger partial charge in [-0.3, -0.25) is 4.79 Å². The lowest BCUT2D eigenvalue weighted by atomic mass is 10.0. The van der Waals surface area contributed by atoms with Crippen LogP contribution in [0, 0.1) is 11.3 Å². The molecule has 1 amide bonds. The van der Waals surface area contributed by atoms with E-state index in [0.717, 1.165) is 5.56 Å². The zero-order valence-corrected chi connectivity index (χ0v) is 9.72. The Bertz CT molecular complexity index is 452. The number of carbonyl (C=O) groups is 1. The van der Waals surface area contributed by atoms with Crippen LogP contribution in [0.3, 0.4) is 0 Å². The van der Waals surface area contributed by atoms with Gasteiger partial charge in [0.1, 0.15) is 6.61 Å². The minimum Gasteiger partial charge on any atom is -0.368 e. The lowest BCUT2D eigenvalue weighted by Crippen LogP contribution is -2.56. The van der Waals surface area contributed by atoms with Crippen molar-refractivity contribution in [2.75, 3.05) is 13.2 Å². The number of ether oxygens (including phenoxy) is 1. The summed E-state index contributed by atoms with van der Waals surface area (Å²) in [4.78, 5) is 13.4. The van der Waals surface area contributed by atoms with Crippen molar-refractivity contribution in [3.63, 3.8) is 0 Å². The van der Waals surface area contributed by atoms with Crippen LogP contribution in [-0.2, 0) is 16.1 Å². The Morgan fingerprint density at radius 2 is 2.18 bits per heavy atom. The second kappa shape index (κ2) is 4.56. The van der Waals surface area contributed by atoms with Crippen molar-refractivity contribution in [3.05, 3.63) is 35.9 Å². The molecule has 1 aliphatic heterocycles. The Kier molecular flexibility index (Phi) is 3.12. The summed E-state index contributed by atoms with van der Waals surface area (Å²) in [5.41, 5.74) is 0.148. The van der Waals surface area contributed by atoms with Gasteiger partial charge in [0.2, 0.25) is 5.91 Å². The third kappa shape index (κ3) is 2.29. The summed E-state index contributed by atoms with van der Waals surface area (Å²) in [7, 11) is 0. The van der Waals surface area contributed by atoms with Gasteiger partial charge in [0.25, 0.3) is 0 Å². The fourth-order valence-electron chi connectivity index (χ4n) is 1.89. The number of hydrogen-bond acceptors (Lipinski definition) is 3. The maximum absolute atomic E-state index is 11.8. The predicted octanol–water partition coefficient (Wildman–Crippen LogP) is 1.33. The molecule has 4 nitrogen and oxygen atoms in total. The summed E-state index contributed by atoms with van der Waals surface area (Å²) >= 11 is 0. The predicted molar refractivity (Wildman–Crippen MR) is 61.8 cm³/mol. The summed E-state index contributed by atoms with van der Waals surface area (Å²) in [6, 6.07) is 11.8. The van der Waals surface area contributed by atoms with Gasteiger partial charge < -0.3 is 9.64 Å². The highest BCUT2D eigenvalue weighted by Crippen LogP contribution is 2.22. The second-order valence-electron chi connectivity index (χ2n) is 4.34. The molecule has 0 radical (unpaired) electrons.